The van der Waals surface area contributed by atoms with Gasteiger partial charge in [0.25, 0.3) is 0 Å². The van der Waals surface area contributed by atoms with E-state index in [1.165, 1.54) is 122 Å². The van der Waals surface area contributed by atoms with E-state index in [-0.39, 0.29) is 21.7 Å². The highest BCUT2D eigenvalue weighted by atomic mass is 16.5. The molecule has 3 nitrogen and oxygen atoms in total. The predicted octanol–water partition coefficient (Wildman–Crippen LogP) is 19.1. The average Bonchev–Trinajstić information content (AvgIpc) is 4.03. The molecule has 10 aromatic rings. The van der Waals surface area contributed by atoms with E-state index >= 15 is 0 Å². The third kappa shape index (κ3) is 5.88. The molecule has 14 rings (SSSR count). The zero-order valence-corrected chi connectivity index (χ0v) is 44.0. The quantitative estimate of drug-likeness (QED) is 0.176. The van der Waals surface area contributed by atoms with Crippen LogP contribution >= 0.6 is 0 Å². The Morgan fingerprint density at radius 3 is 1.78 bits per heavy atom. The van der Waals surface area contributed by atoms with Gasteiger partial charge in [0.2, 0.25) is 0 Å². The van der Waals surface area contributed by atoms with E-state index in [0.29, 0.717) is 6.61 Å². The first-order valence-electron chi connectivity index (χ1n) is 26.3. The van der Waals surface area contributed by atoms with Crippen molar-refractivity contribution in [2.24, 2.45) is 0 Å². The molecule has 9 aromatic carbocycles. The average molecular weight is 948 g/mol. The molecule has 0 saturated carbocycles. The van der Waals surface area contributed by atoms with Crippen molar-refractivity contribution in [2.75, 3.05) is 4.90 Å². The van der Waals surface area contributed by atoms with E-state index in [0.717, 1.165) is 33.9 Å². The number of fused-ring (bicyclic) bond motifs is 19. The maximum absolute atomic E-state index is 7.01. The molecular formula is C70H61NO2. The highest BCUT2D eigenvalue weighted by Gasteiger charge is 2.49. The van der Waals surface area contributed by atoms with Crippen molar-refractivity contribution in [3.63, 3.8) is 0 Å². The summed E-state index contributed by atoms with van der Waals surface area (Å²) in [6, 6.07) is 59.5. The van der Waals surface area contributed by atoms with Gasteiger partial charge in [0.15, 0.2) is 0 Å². The van der Waals surface area contributed by atoms with Crippen LogP contribution in [0, 0.1) is 13.8 Å². The summed E-state index contributed by atoms with van der Waals surface area (Å²) in [4.78, 5) is 2.55. The Morgan fingerprint density at radius 2 is 1.07 bits per heavy atom. The topological polar surface area (TPSA) is 25.6 Å². The number of rotatable bonds is 4. The van der Waals surface area contributed by atoms with Crippen LogP contribution in [-0.4, -0.2) is 0 Å². The number of furan rings is 1. The summed E-state index contributed by atoms with van der Waals surface area (Å²) in [5, 5.41) is 2.40. The van der Waals surface area contributed by atoms with Crippen LogP contribution in [0.25, 0.3) is 77.6 Å². The van der Waals surface area contributed by atoms with Gasteiger partial charge in [-0.05, 0) is 150 Å². The summed E-state index contributed by atoms with van der Waals surface area (Å²) in [6.07, 6.45) is 0. The molecule has 0 atom stereocenters. The predicted molar refractivity (Wildman–Crippen MR) is 304 cm³/mol. The molecule has 0 unspecified atom stereocenters. The second-order valence-electron chi connectivity index (χ2n) is 24.1. The number of aryl methyl sites for hydroxylation is 2. The minimum absolute atomic E-state index is 0.0607. The zero-order valence-electron chi connectivity index (χ0n) is 44.0. The van der Waals surface area contributed by atoms with Crippen LogP contribution in [0.2, 0.25) is 0 Å². The van der Waals surface area contributed by atoms with Crippen LogP contribution < -0.4 is 9.64 Å². The molecule has 0 amide bonds. The molecule has 73 heavy (non-hydrogen) atoms. The third-order valence-corrected chi connectivity index (χ3v) is 17.7. The van der Waals surface area contributed by atoms with Crippen LogP contribution in [0.4, 0.5) is 17.1 Å². The van der Waals surface area contributed by atoms with E-state index in [2.05, 4.69) is 239 Å². The van der Waals surface area contributed by atoms with Gasteiger partial charge < -0.3 is 14.1 Å². The van der Waals surface area contributed by atoms with Crippen LogP contribution in [-0.2, 0) is 28.3 Å². The van der Waals surface area contributed by atoms with Gasteiger partial charge >= 0.3 is 0 Å². The Bertz CT molecular complexity index is 4030. The van der Waals surface area contributed by atoms with Gasteiger partial charge in [0, 0.05) is 55.1 Å². The van der Waals surface area contributed by atoms with E-state index in [1.807, 2.05) is 0 Å². The number of hydrogen-bond acceptors (Lipinski definition) is 3. The third-order valence-electron chi connectivity index (χ3n) is 17.7. The van der Waals surface area contributed by atoms with Crippen molar-refractivity contribution in [1.82, 2.24) is 0 Å². The van der Waals surface area contributed by atoms with Crippen molar-refractivity contribution in [2.45, 2.75) is 104 Å². The van der Waals surface area contributed by atoms with Crippen LogP contribution in [0.3, 0.4) is 0 Å². The first kappa shape index (κ1) is 44.1. The fraction of sp³-hybridized carbons (Fsp3) is 0.229. The van der Waals surface area contributed by atoms with Gasteiger partial charge in [0.05, 0.1) is 5.69 Å². The second-order valence-corrected chi connectivity index (χ2v) is 24.1. The van der Waals surface area contributed by atoms with Crippen LogP contribution in [0.15, 0.2) is 162 Å². The van der Waals surface area contributed by atoms with E-state index in [9.17, 15) is 0 Å². The van der Waals surface area contributed by atoms with Gasteiger partial charge in [-0.15, -0.1) is 0 Å². The minimum Gasteiger partial charge on any atom is -0.488 e. The zero-order chi connectivity index (χ0) is 50.2. The number of hydrogen-bond donors (Lipinski definition) is 0. The molecule has 1 aromatic heterocycles. The smallest absolute Gasteiger partial charge is 0.144 e. The monoisotopic (exact) mass is 947 g/mol. The number of anilines is 3. The Morgan fingerprint density at radius 1 is 0.479 bits per heavy atom. The van der Waals surface area contributed by atoms with Crippen molar-refractivity contribution in [3.05, 3.63) is 213 Å². The van der Waals surface area contributed by atoms with Gasteiger partial charge in [-0.25, -0.2) is 0 Å². The molecule has 0 N–H and O–H groups in total. The molecular weight excluding hydrogens is 887 g/mol. The van der Waals surface area contributed by atoms with Crippen molar-refractivity contribution < 1.29 is 9.15 Å². The Kier molecular flexibility index (Phi) is 8.92. The lowest BCUT2D eigenvalue weighted by Gasteiger charge is -2.32. The molecule has 0 bridgehead atoms. The number of para-hydroxylation sites is 2. The molecule has 2 heterocycles. The minimum atomic E-state index is -0.327. The molecule has 358 valence electrons. The molecule has 3 heteroatoms. The van der Waals surface area contributed by atoms with Crippen LogP contribution in [0.1, 0.15) is 118 Å². The number of nitrogens with zero attached hydrogens (tertiary/aromatic N) is 1. The molecule has 0 fully saturated rings. The first-order valence-corrected chi connectivity index (χ1v) is 26.3. The molecule has 4 aliphatic rings. The summed E-state index contributed by atoms with van der Waals surface area (Å²) in [5.74, 6) is 0.978. The molecule has 0 radical (unpaired) electrons. The summed E-state index contributed by atoms with van der Waals surface area (Å²) < 4.78 is 13.9. The van der Waals surface area contributed by atoms with Crippen molar-refractivity contribution in [1.29, 1.82) is 0 Å². The van der Waals surface area contributed by atoms with Gasteiger partial charge in [0.1, 0.15) is 23.5 Å². The summed E-state index contributed by atoms with van der Waals surface area (Å²) in [6.45, 7) is 26.5. The largest absolute Gasteiger partial charge is 0.488 e. The SMILES string of the molecule is Cc1cccc(C)c1N(c1ccc2c(c1)C(C)(C)c1cc(-c3ccc(C(C)(C)C)cc3)c3c(c1-2)-c1ccccc1CO3)c1ccc2c(c1)C(C)(C)c1c3c(c4oc5ccccc5c4c1-2)-c1ccccc1C3(C)C. The van der Waals surface area contributed by atoms with Gasteiger partial charge in [-0.3, -0.25) is 0 Å². The fourth-order valence-corrected chi connectivity index (χ4v) is 14.0. The molecule has 0 saturated heterocycles. The summed E-state index contributed by atoms with van der Waals surface area (Å²) >= 11 is 0. The van der Waals surface area contributed by atoms with E-state index in [1.54, 1.807) is 0 Å². The maximum Gasteiger partial charge on any atom is 0.144 e. The standard InChI is InChI=1S/C70H61NO2/c1-39-19-18-20-40(2)64(39)71(45-32-34-49-54(36-45)70(10,11)62-58(49)60-50-24-15-17-26-56(50)73-66(60)61-47-23-14-16-25-52(47)69(8,9)63(61)62)44-31-33-48-53(35-44)68(6,7)55-37-51(41-27-29-43(30-28-41)67(3,4)5)65-59(57(48)55)46-22-13-12-21-42(46)38-72-65/h12-37H,38H2,1-11H3. The molecule has 1 aliphatic heterocycles. The highest BCUT2D eigenvalue weighted by Crippen LogP contribution is 2.64. The second kappa shape index (κ2) is 14.8. The number of benzene rings is 9. The lowest BCUT2D eigenvalue weighted by atomic mass is 9.72. The number of ether oxygens (including phenoxy) is 1. The summed E-state index contributed by atoms with van der Waals surface area (Å²) in [5.41, 5.74) is 30.3. The van der Waals surface area contributed by atoms with E-state index < -0.39 is 0 Å². The van der Waals surface area contributed by atoms with Gasteiger partial charge in [-0.2, -0.15) is 0 Å². The normalized spacial score (nSPS) is 15.7. The fourth-order valence-electron chi connectivity index (χ4n) is 14.0. The van der Waals surface area contributed by atoms with Crippen LogP contribution in [0.5, 0.6) is 5.75 Å². The van der Waals surface area contributed by atoms with Crippen molar-refractivity contribution in [3.8, 4) is 61.4 Å². The van der Waals surface area contributed by atoms with Crippen molar-refractivity contribution >= 4 is 39.0 Å². The van der Waals surface area contributed by atoms with E-state index in [4.69, 9.17) is 9.15 Å². The lowest BCUT2D eigenvalue weighted by molar-refractivity contribution is 0.303. The Hall–Kier alpha value is -7.62. The summed E-state index contributed by atoms with van der Waals surface area (Å²) in [7, 11) is 0. The molecule has 0 spiro atoms. The van der Waals surface area contributed by atoms with Gasteiger partial charge in [-0.1, -0.05) is 184 Å². The Balaban J connectivity index is 0.978. The maximum atomic E-state index is 7.01. The molecule has 3 aliphatic carbocycles. The highest BCUT2D eigenvalue weighted by molar-refractivity contribution is 6.21. The lowest BCUT2D eigenvalue weighted by Crippen LogP contribution is -2.24. The Labute approximate surface area is 430 Å². The first-order chi connectivity index (χ1) is 35.0.